The number of hydrogen-bond acceptors (Lipinski definition) is 4. The zero-order valence-corrected chi connectivity index (χ0v) is 22.3. The molecular formula is C26H42BNO3S+. The van der Waals surface area contributed by atoms with Gasteiger partial charge in [0.2, 0.25) is 0 Å². The summed E-state index contributed by atoms with van der Waals surface area (Å²) in [6, 6.07) is 6.27. The van der Waals surface area contributed by atoms with Crippen LogP contribution < -0.4 is 5.46 Å². The minimum absolute atomic E-state index is 0.0350. The number of carbonyl (C=O) groups is 1. The highest BCUT2D eigenvalue weighted by Gasteiger charge is 2.46. The molecule has 0 bridgehead atoms. The summed E-state index contributed by atoms with van der Waals surface area (Å²) in [5, 5.41) is 10.2. The molecule has 0 unspecified atom stereocenters. The summed E-state index contributed by atoms with van der Waals surface area (Å²) in [5.74, 6) is 0.265. The fourth-order valence-electron chi connectivity index (χ4n) is 4.34. The number of piperidine rings is 1. The van der Waals surface area contributed by atoms with Gasteiger partial charge in [0.1, 0.15) is 24.5 Å². The van der Waals surface area contributed by atoms with Crippen LogP contribution in [0.4, 0.5) is 0 Å². The molecule has 6 heteroatoms. The molecule has 1 N–H and O–H groups in total. The van der Waals surface area contributed by atoms with Gasteiger partial charge in [-0.1, -0.05) is 37.5 Å². The average molecular weight is 460 g/mol. The van der Waals surface area contributed by atoms with Gasteiger partial charge in [-0.15, -0.1) is 0 Å². The Kier molecular flexibility index (Phi) is 8.17. The van der Waals surface area contributed by atoms with Gasteiger partial charge in [-0.25, -0.2) is 4.58 Å². The smallest absolute Gasteiger partial charge is 0.330 e. The van der Waals surface area contributed by atoms with Crippen molar-refractivity contribution in [2.45, 2.75) is 96.5 Å². The number of Topliss-reactive ketones (excluding diaryl/α,β-unsaturated/α-hetero) is 1. The maximum absolute atomic E-state index is 13.5. The molecule has 1 aliphatic heterocycles. The second kappa shape index (κ2) is 9.64. The molecule has 1 aliphatic rings. The number of rotatable bonds is 8. The molecule has 0 aliphatic carbocycles. The second-order valence-electron chi connectivity index (χ2n) is 11.3. The molecule has 0 aromatic heterocycles. The first-order valence-electron chi connectivity index (χ1n) is 11.7. The van der Waals surface area contributed by atoms with E-state index in [9.17, 15) is 9.90 Å². The highest BCUT2D eigenvalue weighted by atomic mass is 32.1. The van der Waals surface area contributed by atoms with Crippen molar-refractivity contribution in [2.75, 3.05) is 13.1 Å². The third-order valence-electron chi connectivity index (χ3n) is 6.88. The number of aryl methyl sites for hydroxylation is 1. The van der Waals surface area contributed by atoms with E-state index in [1.54, 1.807) is 21.3 Å². The van der Waals surface area contributed by atoms with Crippen LogP contribution in [0.2, 0.25) is 0 Å². The lowest BCUT2D eigenvalue weighted by atomic mass is 9.65. The van der Waals surface area contributed by atoms with Crippen LogP contribution in [-0.4, -0.2) is 58.2 Å². The van der Waals surface area contributed by atoms with Gasteiger partial charge >= 0.3 is 7.48 Å². The number of hydrogen-bond donors (Lipinski definition) is 2. The van der Waals surface area contributed by atoms with Gasteiger partial charge in [0.25, 0.3) is 0 Å². The van der Waals surface area contributed by atoms with Gasteiger partial charge < -0.3 is 9.76 Å². The highest BCUT2D eigenvalue weighted by molar-refractivity contribution is 7.81. The van der Waals surface area contributed by atoms with E-state index in [1.807, 2.05) is 47.8 Å². The van der Waals surface area contributed by atoms with Crippen LogP contribution in [0.15, 0.2) is 18.2 Å². The number of nitrogens with zero attached hydrogens (tertiary/aromatic N) is 1. The van der Waals surface area contributed by atoms with Crippen LogP contribution in [0.5, 0.6) is 0 Å². The Labute approximate surface area is 201 Å². The zero-order valence-electron chi connectivity index (χ0n) is 21.5. The van der Waals surface area contributed by atoms with E-state index in [2.05, 4.69) is 42.3 Å². The Morgan fingerprint density at radius 3 is 2.19 bits per heavy atom. The summed E-state index contributed by atoms with van der Waals surface area (Å²) in [4.78, 5) is 13.5. The summed E-state index contributed by atoms with van der Waals surface area (Å²) >= 11 is 4.67. The predicted octanol–water partition coefficient (Wildman–Crippen LogP) is 3.85. The summed E-state index contributed by atoms with van der Waals surface area (Å²) in [7, 11) is 1.80. The minimum Gasteiger partial charge on any atom is -0.428 e. The van der Waals surface area contributed by atoms with Crippen LogP contribution in [-0.2, 0) is 14.9 Å². The topological polar surface area (TPSA) is 49.5 Å². The van der Waals surface area contributed by atoms with Crippen molar-refractivity contribution >= 4 is 37.6 Å². The fourth-order valence-corrected chi connectivity index (χ4v) is 4.39. The molecular weight excluding hydrogens is 417 g/mol. The lowest BCUT2D eigenvalue weighted by Crippen LogP contribution is -2.48. The second-order valence-corrected chi connectivity index (χ2v) is 12.4. The van der Waals surface area contributed by atoms with Gasteiger partial charge in [0.05, 0.1) is 11.0 Å². The van der Waals surface area contributed by atoms with E-state index in [1.165, 1.54) is 0 Å². The Balaban J connectivity index is 2.33. The Morgan fingerprint density at radius 2 is 1.75 bits per heavy atom. The van der Waals surface area contributed by atoms with Crippen molar-refractivity contribution in [1.29, 1.82) is 0 Å². The maximum atomic E-state index is 13.5. The summed E-state index contributed by atoms with van der Waals surface area (Å²) in [5.41, 5.74) is 1.43. The van der Waals surface area contributed by atoms with E-state index >= 15 is 0 Å². The van der Waals surface area contributed by atoms with Crippen molar-refractivity contribution < 1.29 is 19.1 Å². The maximum Gasteiger partial charge on any atom is 0.330 e. The lowest BCUT2D eigenvalue weighted by molar-refractivity contribution is -0.540. The van der Waals surface area contributed by atoms with E-state index < -0.39 is 16.6 Å². The van der Waals surface area contributed by atoms with Crippen molar-refractivity contribution in [3.8, 4) is 0 Å². The van der Waals surface area contributed by atoms with Crippen molar-refractivity contribution in [3.63, 3.8) is 0 Å². The third kappa shape index (κ3) is 6.27. The van der Waals surface area contributed by atoms with Crippen molar-refractivity contribution in [3.05, 3.63) is 29.3 Å². The molecule has 1 radical (unpaired) electrons. The lowest BCUT2D eigenvalue weighted by Gasteiger charge is -2.39. The molecule has 1 saturated heterocycles. The fraction of sp³-hybridized carbons (Fsp3) is 0.692. The van der Waals surface area contributed by atoms with Gasteiger partial charge in [-0.3, -0.25) is 4.79 Å². The number of thiol groups is 1. The number of ketones is 1. The zero-order chi connectivity index (χ0) is 24.5. The number of aliphatic hydroxyl groups is 1. The molecule has 32 heavy (non-hydrogen) atoms. The van der Waals surface area contributed by atoms with Crippen LogP contribution in [0.3, 0.4) is 0 Å². The number of benzene rings is 1. The summed E-state index contributed by atoms with van der Waals surface area (Å²) in [6.07, 6.45) is 3.37. The van der Waals surface area contributed by atoms with E-state index in [0.29, 0.717) is 5.78 Å². The average Bonchev–Trinajstić information content (AvgIpc) is 2.65. The molecule has 2 rings (SSSR count). The predicted molar refractivity (Wildman–Crippen MR) is 138 cm³/mol. The first kappa shape index (κ1) is 27.1. The molecule has 1 aromatic carbocycles. The molecule has 0 saturated carbocycles. The largest absolute Gasteiger partial charge is 0.428 e. The molecule has 1 aromatic rings. The van der Waals surface area contributed by atoms with Gasteiger partial charge in [-0.2, -0.15) is 12.6 Å². The Bertz CT molecular complexity index is 853. The standard InChI is InChI=1S/C26H41BNO3S/c1-18(2)22(29)26(12-14-28(15-13-26)17-23(4,5)30)21-11-10-20(16-19(21)3)27-31-24(6,7)25(8,9)32/h10-11,16-18,30H,12-15H2,1-9H3/p+1. The Hall–Kier alpha value is -1.11. The molecule has 1 heterocycles. The van der Waals surface area contributed by atoms with Crippen molar-refractivity contribution in [1.82, 2.24) is 0 Å². The normalized spacial score (nSPS) is 20.4. The Morgan fingerprint density at radius 1 is 1.19 bits per heavy atom. The molecule has 0 spiro atoms. The first-order valence-corrected chi connectivity index (χ1v) is 12.1. The van der Waals surface area contributed by atoms with Crippen LogP contribution >= 0.6 is 12.6 Å². The van der Waals surface area contributed by atoms with Gasteiger partial charge in [0.15, 0.2) is 6.21 Å². The molecule has 4 nitrogen and oxygen atoms in total. The van der Waals surface area contributed by atoms with E-state index in [4.69, 9.17) is 4.65 Å². The monoisotopic (exact) mass is 459 g/mol. The first-order chi connectivity index (χ1) is 14.5. The van der Waals surface area contributed by atoms with Crippen LogP contribution in [0, 0.1) is 12.8 Å². The SMILES string of the molecule is Cc1cc([B]OC(C)(C)C(C)(C)S)ccc1C1(C(=O)C(C)C)CC[N+](=CC(C)(C)O)CC1. The summed E-state index contributed by atoms with van der Waals surface area (Å²) in [6.45, 7) is 19.3. The van der Waals surface area contributed by atoms with Crippen LogP contribution in [0.25, 0.3) is 0 Å². The molecule has 0 amide bonds. The van der Waals surface area contributed by atoms with E-state index in [0.717, 1.165) is 42.5 Å². The minimum atomic E-state index is -0.856. The van der Waals surface area contributed by atoms with Crippen molar-refractivity contribution in [2.24, 2.45) is 5.92 Å². The van der Waals surface area contributed by atoms with Gasteiger partial charge in [-0.05, 0) is 59.6 Å². The van der Waals surface area contributed by atoms with Gasteiger partial charge in [0, 0.05) is 23.5 Å². The van der Waals surface area contributed by atoms with E-state index in [-0.39, 0.29) is 10.7 Å². The summed E-state index contributed by atoms with van der Waals surface area (Å²) < 4.78 is 7.95. The molecule has 1 fully saturated rings. The third-order valence-corrected chi connectivity index (χ3v) is 7.41. The quantitative estimate of drug-likeness (QED) is 0.353. The highest BCUT2D eigenvalue weighted by Crippen LogP contribution is 2.39. The molecule has 177 valence electrons. The number of carbonyl (C=O) groups excluding carboxylic acids is 1. The molecule has 0 atom stereocenters. The van der Waals surface area contributed by atoms with Crippen LogP contribution in [0.1, 0.15) is 79.4 Å².